The number of fused-ring (bicyclic) bond motifs is 1. The number of carbonyl (C=O) groups is 3. The number of carbonyl (C=O) groups excluding carboxylic acids is 3. The first kappa shape index (κ1) is 19.4. The van der Waals surface area contributed by atoms with E-state index in [1.54, 1.807) is 4.90 Å². The number of imide groups is 1. The molecule has 2 aliphatic heterocycles. The van der Waals surface area contributed by atoms with Crippen LogP contribution in [0.2, 0.25) is 0 Å². The Morgan fingerprint density at radius 1 is 1.29 bits per heavy atom. The summed E-state index contributed by atoms with van der Waals surface area (Å²) in [5, 5.41) is 2.91. The van der Waals surface area contributed by atoms with Gasteiger partial charge in [0.1, 0.15) is 12.1 Å². The first-order valence-electron chi connectivity index (χ1n) is 10.2. The van der Waals surface area contributed by atoms with Gasteiger partial charge in [-0.05, 0) is 68.2 Å². The zero-order valence-corrected chi connectivity index (χ0v) is 17.8. The normalized spacial score (nSPS) is 27.1. The lowest BCUT2D eigenvalue weighted by Gasteiger charge is -2.34. The van der Waals surface area contributed by atoms with Crippen LogP contribution < -0.4 is 10.2 Å². The Hall–Kier alpha value is -1.89. The summed E-state index contributed by atoms with van der Waals surface area (Å²) in [5.41, 5.74) is 1.19. The van der Waals surface area contributed by atoms with Crippen LogP contribution in [0.5, 0.6) is 0 Å². The number of urea groups is 1. The van der Waals surface area contributed by atoms with Crippen molar-refractivity contribution in [2.24, 2.45) is 5.92 Å². The number of hydrogen-bond donors (Lipinski definition) is 1. The molecule has 0 aromatic heterocycles. The highest BCUT2D eigenvalue weighted by Crippen LogP contribution is 2.38. The summed E-state index contributed by atoms with van der Waals surface area (Å²) in [6.45, 7) is 2.58. The van der Waals surface area contributed by atoms with Crippen molar-refractivity contribution in [2.45, 2.75) is 57.4 Å². The number of nitrogens with one attached hydrogen (secondary N) is 1. The molecule has 0 atom stereocenters. The first-order chi connectivity index (χ1) is 13.4. The summed E-state index contributed by atoms with van der Waals surface area (Å²) in [4.78, 5) is 41.4. The van der Waals surface area contributed by atoms with E-state index in [1.807, 2.05) is 18.2 Å². The van der Waals surface area contributed by atoms with Gasteiger partial charge >= 0.3 is 6.03 Å². The molecular weight excluding hydrogens is 422 g/mol. The van der Waals surface area contributed by atoms with Crippen LogP contribution in [0.25, 0.3) is 0 Å². The summed E-state index contributed by atoms with van der Waals surface area (Å²) in [7, 11) is 0. The molecule has 1 aromatic carbocycles. The van der Waals surface area contributed by atoms with Crippen LogP contribution in [-0.4, -0.2) is 41.4 Å². The molecule has 1 N–H and O–H groups in total. The minimum Gasteiger partial charge on any atom is -0.323 e. The molecular formula is C21H26BrN3O3. The number of nitrogens with zero attached hydrogens (tertiary/aromatic N) is 2. The van der Waals surface area contributed by atoms with E-state index in [-0.39, 0.29) is 18.4 Å². The zero-order valence-electron chi connectivity index (χ0n) is 16.2. The van der Waals surface area contributed by atoms with E-state index in [2.05, 4.69) is 28.2 Å². The number of hydrogen-bond acceptors (Lipinski definition) is 3. The SMILES string of the molecule is CCC1CCC2(CC1)NC(=O)N(CC(=O)N1CCCc3cc(Br)ccc31)C2=O. The van der Waals surface area contributed by atoms with E-state index < -0.39 is 11.6 Å². The molecule has 1 spiro atoms. The second-order valence-corrected chi connectivity index (χ2v) is 9.09. The quantitative estimate of drug-likeness (QED) is 0.719. The summed E-state index contributed by atoms with van der Waals surface area (Å²) in [6, 6.07) is 5.44. The molecule has 0 unspecified atom stereocenters. The summed E-state index contributed by atoms with van der Waals surface area (Å²) >= 11 is 3.47. The molecule has 2 heterocycles. The third-order valence-corrected chi connectivity index (χ3v) is 7.03. The lowest BCUT2D eigenvalue weighted by atomic mass is 9.75. The summed E-state index contributed by atoms with van der Waals surface area (Å²) in [6.07, 6.45) is 6.12. The van der Waals surface area contributed by atoms with Gasteiger partial charge in [0.25, 0.3) is 5.91 Å². The number of anilines is 1. The largest absolute Gasteiger partial charge is 0.325 e. The minimum atomic E-state index is -0.798. The smallest absolute Gasteiger partial charge is 0.323 e. The van der Waals surface area contributed by atoms with Crippen LogP contribution in [0.4, 0.5) is 10.5 Å². The number of amides is 4. The van der Waals surface area contributed by atoms with E-state index in [4.69, 9.17) is 0 Å². The molecule has 0 bridgehead atoms. The van der Waals surface area contributed by atoms with Gasteiger partial charge in [0.15, 0.2) is 0 Å². The monoisotopic (exact) mass is 447 g/mol. The summed E-state index contributed by atoms with van der Waals surface area (Å²) in [5.74, 6) is 0.190. The van der Waals surface area contributed by atoms with Gasteiger partial charge in [0, 0.05) is 16.7 Å². The Kier molecular flexibility index (Phi) is 5.21. The molecule has 1 saturated carbocycles. The molecule has 28 heavy (non-hydrogen) atoms. The molecule has 1 aliphatic carbocycles. The van der Waals surface area contributed by atoms with E-state index in [9.17, 15) is 14.4 Å². The Bertz CT molecular complexity index is 817. The summed E-state index contributed by atoms with van der Waals surface area (Å²) < 4.78 is 0.985. The van der Waals surface area contributed by atoms with E-state index in [1.165, 1.54) is 0 Å². The molecule has 4 rings (SSSR count). The highest BCUT2D eigenvalue weighted by atomic mass is 79.9. The van der Waals surface area contributed by atoms with Gasteiger partial charge in [-0.15, -0.1) is 0 Å². The molecule has 1 saturated heterocycles. The maximum absolute atomic E-state index is 13.1. The number of benzene rings is 1. The van der Waals surface area contributed by atoms with Crippen molar-refractivity contribution in [3.63, 3.8) is 0 Å². The predicted molar refractivity (Wildman–Crippen MR) is 110 cm³/mol. The Balaban J connectivity index is 1.49. The van der Waals surface area contributed by atoms with Gasteiger partial charge in [-0.2, -0.15) is 0 Å². The van der Waals surface area contributed by atoms with Crippen molar-refractivity contribution in [3.8, 4) is 0 Å². The molecule has 4 amide bonds. The van der Waals surface area contributed by atoms with Crippen molar-refractivity contribution in [1.29, 1.82) is 0 Å². The average molecular weight is 448 g/mol. The zero-order chi connectivity index (χ0) is 19.9. The first-order valence-corrected chi connectivity index (χ1v) is 11.0. The van der Waals surface area contributed by atoms with E-state index in [0.717, 1.165) is 52.7 Å². The fourth-order valence-electron chi connectivity index (χ4n) is 4.78. The lowest BCUT2D eigenvalue weighted by Crippen LogP contribution is -2.50. The van der Waals surface area contributed by atoms with Crippen LogP contribution >= 0.6 is 15.9 Å². The van der Waals surface area contributed by atoms with E-state index in [0.29, 0.717) is 25.3 Å². The van der Waals surface area contributed by atoms with E-state index >= 15 is 0 Å². The minimum absolute atomic E-state index is 0.195. The molecule has 150 valence electrons. The molecule has 0 radical (unpaired) electrons. The van der Waals surface area contributed by atoms with Gasteiger partial charge in [-0.25, -0.2) is 4.79 Å². The van der Waals surface area contributed by atoms with Crippen LogP contribution in [0.1, 0.15) is 51.0 Å². The topological polar surface area (TPSA) is 69.7 Å². The third-order valence-electron chi connectivity index (χ3n) is 6.54. The van der Waals surface area contributed by atoms with Crippen molar-refractivity contribution in [1.82, 2.24) is 10.2 Å². The van der Waals surface area contributed by atoms with Crippen LogP contribution in [0.15, 0.2) is 22.7 Å². The number of halogens is 1. The maximum Gasteiger partial charge on any atom is 0.325 e. The molecule has 3 aliphatic rings. The van der Waals surface area contributed by atoms with Gasteiger partial charge in [-0.3, -0.25) is 14.5 Å². The highest BCUT2D eigenvalue weighted by molar-refractivity contribution is 9.10. The van der Waals surface area contributed by atoms with Crippen molar-refractivity contribution < 1.29 is 14.4 Å². The molecule has 7 heteroatoms. The Labute approximate surface area is 173 Å². The standard InChI is InChI=1S/C21H26BrN3O3/c1-2-14-7-9-21(10-8-14)19(27)25(20(28)23-21)13-18(26)24-11-3-4-15-12-16(22)5-6-17(15)24/h5-6,12,14H,2-4,7-11,13H2,1H3,(H,23,28). The molecule has 2 fully saturated rings. The van der Waals surface area contributed by atoms with Gasteiger partial charge < -0.3 is 10.2 Å². The van der Waals surface area contributed by atoms with Crippen LogP contribution in [-0.2, 0) is 16.0 Å². The highest BCUT2D eigenvalue weighted by Gasteiger charge is 2.52. The fraction of sp³-hybridized carbons (Fsp3) is 0.571. The molecule has 6 nitrogen and oxygen atoms in total. The number of rotatable bonds is 3. The predicted octanol–water partition coefficient (Wildman–Crippen LogP) is 3.62. The Morgan fingerprint density at radius 2 is 2.04 bits per heavy atom. The third kappa shape index (κ3) is 3.34. The van der Waals surface area contributed by atoms with Crippen LogP contribution in [0, 0.1) is 5.92 Å². The second kappa shape index (κ2) is 7.50. The second-order valence-electron chi connectivity index (χ2n) is 8.18. The van der Waals surface area contributed by atoms with Gasteiger partial charge in [0.2, 0.25) is 5.91 Å². The van der Waals surface area contributed by atoms with Crippen LogP contribution in [0.3, 0.4) is 0 Å². The maximum atomic E-state index is 13.1. The molecule has 1 aromatic rings. The van der Waals surface area contributed by atoms with Gasteiger partial charge in [0.05, 0.1) is 0 Å². The average Bonchev–Trinajstić information content (AvgIpc) is 2.92. The number of aryl methyl sites for hydroxylation is 1. The van der Waals surface area contributed by atoms with Crippen molar-refractivity contribution in [2.75, 3.05) is 18.0 Å². The van der Waals surface area contributed by atoms with Gasteiger partial charge in [-0.1, -0.05) is 29.3 Å². The van der Waals surface area contributed by atoms with Crippen molar-refractivity contribution in [3.05, 3.63) is 28.2 Å². The fourth-order valence-corrected chi connectivity index (χ4v) is 5.19. The lowest BCUT2D eigenvalue weighted by molar-refractivity contribution is -0.135. The Morgan fingerprint density at radius 3 is 2.75 bits per heavy atom. The van der Waals surface area contributed by atoms with Crippen molar-refractivity contribution >= 4 is 39.5 Å².